The quantitative estimate of drug-likeness (QED) is 0.831. The summed E-state index contributed by atoms with van der Waals surface area (Å²) in [5.41, 5.74) is 4.96. The van der Waals surface area contributed by atoms with E-state index in [4.69, 9.17) is 0 Å². The first-order valence-electron chi connectivity index (χ1n) is 10.2. The fourth-order valence-corrected chi connectivity index (χ4v) is 4.12. The zero-order valence-corrected chi connectivity index (χ0v) is 16.9. The normalized spacial score (nSPS) is 18.2. The highest BCUT2D eigenvalue weighted by Gasteiger charge is 2.31. The van der Waals surface area contributed by atoms with E-state index >= 15 is 0 Å². The van der Waals surface area contributed by atoms with E-state index in [0.717, 1.165) is 28.8 Å². The first-order chi connectivity index (χ1) is 14.6. The van der Waals surface area contributed by atoms with E-state index in [1.807, 2.05) is 37.3 Å². The molecule has 30 heavy (non-hydrogen) atoms. The van der Waals surface area contributed by atoms with Crippen LogP contribution in [0.15, 0.2) is 42.2 Å². The van der Waals surface area contributed by atoms with Crippen molar-refractivity contribution in [2.24, 2.45) is 5.92 Å². The van der Waals surface area contributed by atoms with Gasteiger partial charge in [-0.1, -0.05) is 25.1 Å². The lowest BCUT2D eigenvalue weighted by atomic mass is 9.99. The lowest BCUT2D eigenvalue weighted by molar-refractivity contribution is -0.123. The summed E-state index contributed by atoms with van der Waals surface area (Å²) in [5, 5.41) is 20.8. The monoisotopic (exact) mass is 401 g/mol. The van der Waals surface area contributed by atoms with Crippen molar-refractivity contribution in [2.75, 3.05) is 11.4 Å². The second-order valence-electron chi connectivity index (χ2n) is 7.57. The fourth-order valence-electron chi connectivity index (χ4n) is 4.12. The molecule has 0 fully saturated rings. The molecule has 0 spiro atoms. The Morgan fingerprint density at radius 3 is 2.93 bits per heavy atom. The summed E-state index contributed by atoms with van der Waals surface area (Å²) in [6, 6.07) is 11.9. The third kappa shape index (κ3) is 3.81. The molecule has 2 amide bonds. The van der Waals surface area contributed by atoms with Gasteiger partial charge in [-0.3, -0.25) is 9.59 Å². The number of aromatic nitrogens is 2. The van der Waals surface area contributed by atoms with Gasteiger partial charge in [-0.2, -0.15) is 15.5 Å². The van der Waals surface area contributed by atoms with Crippen LogP contribution < -0.4 is 10.2 Å². The van der Waals surface area contributed by atoms with Gasteiger partial charge in [0.2, 0.25) is 11.8 Å². The van der Waals surface area contributed by atoms with Gasteiger partial charge in [0, 0.05) is 23.4 Å². The first-order valence-corrected chi connectivity index (χ1v) is 10.2. The van der Waals surface area contributed by atoms with E-state index in [-0.39, 0.29) is 24.3 Å². The predicted molar refractivity (Wildman–Crippen MR) is 112 cm³/mol. The van der Waals surface area contributed by atoms with Crippen LogP contribution in [0.3, 0.4) is 0 Å². The number of nitrogens with one attached hydrogen (secondary N) is 1. The summed E-state index contributed by atoms with van der Waals surface area (Å²) < 4.78 is 0. The molecule has 7 nitrogen and oxygen atoms in total. The highest BCUT2D eigenvalue weighted by molar-refractivity contribution is 6.01. The van der Waals surface area contributed by atoms with Crippen LogP contribution in [0.2, 0.25) is 0 Å². The van der Waals surface area contributed by atoms with E-state index in [0.29, 0.717) is 37.1 Å². The van der Waals surface area contributed by atoms with Crippen LogP contribution in [-0.2, 0) is 22.4 Å². The lowest BCUT2D eigenvalue weighted by Crippen LogP contribution is -2.42. The number of hydrogen-bond acceptors (Lipinski definition) is 5. The maximum absolute atomic E-state index is 12.9. The van der Waals surface area contributed by atoms with Crippen LogP contribution in [0.5, 0.6) is 0 Å². The van der Waals surface area contributed by atoms with Crippen molar-refractivity contribution < 1.29 is 9.59 Å². The molecule has 2 aliphatic rings. The molecule has 1 unspecified atom stereocenters. The molecule has 2 heterocycles. The van der Waals surface area contributed by atoms with E-state index in [9.17, 15) is 14.9 Å². The number of fused-ring (bicyclic) bond motifs is 1. The molecule has 0 saturated carbocycles. The molecule has 0 saturated heterocycles. The van der Waals surface area contributed by atoms with Crippen molar-refractivity contribution in [1.29, 1.82) is 5.26 Å². The van der Waals surface area contributed by atoms with Crippen LogP contribution in [-0.4, -0.2) is 28.6 Å². The van der Waals surface area contributed by atoms with Gasteiger partial charge in [-0.25, -0.2) is 0 Å². The van der Waals surface area contributed by atoms with E-state index in [2.05, 4.69) is 21.6 Å². The van der Waals surface area contributed by atoms with Gasteiger partial charge in [0.05, 0.1) is 23.9 Å². The van der Waals surface area contributed by atoms with Crippen LogP contribution in [0.25, 0.3) is 5.57 Å². The number of benzene rings is 1. The van der Waals surface area contributed by atoms with Crippen molar-refractivity contribution in [3.05, 3.63) is 59.0 Å². The first kappa shape index (κ1) is 19.8. The Morgan fingerprint density at radius 2 is 2.13 bits per heavy atom. The molecule has 1 aromatic heterocycles. The molecule has 0 radical (unpaired) electrons. The number of carbonyl (C=O) groups excluding carboxylic acids is 2. The van der Waals surface area contributed by atoms with Gasteiger partial charge in [0.25, 0.3) is 0 Å². The van der Waals surface area contributed by atoms with Crippen molar-refractivity contribution >= 4 is 23.1 Å². The van der Waals surface area contributed by atoms with Crippen molar-refractivity contribution in [3.8, 4) is 6.07 Å². The van der Waals surface area contributed by atoms with Gasteiger partial charge in [0.15, 0.2) is 0 Å². The zero-order valence-electron chi connectivity index (χ0n) is 16.9. The van der Waals surface area contributed by atoms with Gasteiger partial charge in [-0.05, 0) is 48.9 Å². The molecule has 152 valence electrons. The number of rotatable bonds is 5. The van der Waals surface area contributed by atoms with Crippen LogP contribution in [0, 0.1) is 17.2 Å². The molecular formula is C23H23N5O2. The summed E-state index contributed by atoms with van der Waals surface area (Å²) in [5.74, 6) is -0.661. The van der Waals surface area contributed by atoms with Crippen LogP contribution in [0.1, 0.15) is 43.0 Å². The average Bonchev–Trinajstić information content (AvgIpc) is 3.18. The number of nitrogens with zero attached hydrogens (tertiary/aromatic N) is 4. The molecule has 1 aliphatic carbocycles. The summed E-state index contributed by atoms with van der Waals surface area (Å²) in [6.07, 6.45) is 4.82. The van der Waals surface area contributed by atoms with Crippen LogP contribution >= 0.6 is 0 Å². The lowest BCUT2D eigenvalue weighted by Gasteiger charge is -2.29. The third-order valence-electron chi connectivity index (χ3n) is 5.69. The van der Waals surface area contributed by atoms with E-state index in [1.54, 1.807) is 11.1 Å². The SMILES string of the molecule is CCc1cnnc(C2=C(NC(=O)CN3C(=O)CCc4ccccc43)CCC2C#N)c1. The number of anilines is 1. The number of amides is 2. The second-order valence-corrected chi connectivity index (χ2v) is 7.57. The number of allylic oxidation sites excluding steroid dienone is 2. The minimum atomic E-state index is -0.334. The van der Waals surface area contributed by atoms with Crippen molar-refractivity contribution in [3.63, 3.8) is 0 Å². The number of aryl methyl sites for hydroxylation is 2. The summed E-state index contributed by atoms with van der Waals surface area (Å²) in [7, 11) is 0. The van der Waals surface area contributed by atoms with Gasteiger partial charge < -0.3 is 10.2 Å². The minimum Gasteiger partial charge on any atom is -0.328 e. The smallest absolute Gasteiger partial charge is 0.244 e. The second kappa shape index (κ2) is 8.46. The zero-order chi connectivity index (χ0) is 21.1. The Bertz CT molecular complexity index is 1070. The topological polar surface area (TPSA) is 99.0 Å². The van der Waals surface area contributed by atoms with E-state index < -0.39 is 0 Å². The maximum atomic E-state index is 12.9. The van der Waals surface area contributed by atoms with Crippen LogP contribution in [0.4, 0.5) is 5.69 Å². The van der Waals surface area contributed by atoms with Crippen molar-refractivity contribution in [1.82, 2.24) is 15.5 Å². The highest BCUT2D eigenvalue weighted by Crippen LogP contribution is 2.37. The average molecular weight is 401 g/mol. The number of hydrogen-bond donors (Lipinski definition) is 1. The Labute approximate surface area is 175 Å². The molecule has 0 bridgehead atoms. The standard InChI is InChI=1S/C23H23N5O2/c1-2-15-11-19(27-25-13-15)23-17(12-24)7-9-18(23)26-21(29)14-28-20-6-4-3-5-16(20)8-10-22(28)30/h3-6,11,13,17H,2,7-10,14H2,1H3,(H,26,29). The largest absolute Gasteiger partial charge is 0.328 e. The number of nitriles is 1. The Morgan fingerprint density at radius 1 is 1.30 bits per heavy atom. The molecular weight excluding hydrogens is 378 g/mol. The summed E-state index contributed by atoms with van der Waals surface area (Å²) in [6.45, 7) is 1.98. The molecule has 2 aromatic rings. The number of carbonyl (C=O) groups is 2. The van der Waals surface area contributed by atoms with Gasteiger partial charge in [-0.15, -0.1) is 0 Å². The molecule has 1 N–H and O–H groups in total. The predicted octanol–water partition coefficient (Wildman–Crippen LogP) is 2.78. The van der Waals surface area contributed by atoms with Crippen molar-refractivity contribution in [2.45, 2.75) is 39.0 Å². The Balaban J connectivity index is 1.58. The summed E-state index contributed by atoms with van der Waals surface area (Å²) >= 11 is 0. The van der Waals surface area contributed by atoms with Gasteiger partial charge >= 0.3 is 0 Å². The minimum absolute atomic E-state index is 0.0511. The summed E-state index contributed by atoms with van der Waals surface area (Å²) in [4.78, 5) is 26.9. The van der Waals surface area contributed by atoms with E-state index in [1.165, 1.54) is 0 Å². The highest BCUT2D eigenvalue weighted by atomic mass is 16.2. The fraction of sp³-hybridized carbons (Fsp3) is 0.348. The number of para-hydroxylation sites is 1. The third-order valence-corrected chi connectivity index (χ3v) is 5.69. The maximum Gasteiger partial charge on any atom is 0.244 e. The molecule has 7 heteroatoms. The molecule has 1 atom stereocenters. The molecule has 1 aliphatic heterocycles. The molecule has 1 aromatic carbocycles. The van der Waals surface area contributed by atoms with Gasteiger partial charge in [0.1, 0.15) is 6.54 Å². The molecule has 4 rings (SSSR count). The Hall–Kier alpha value is -3.53. The Kier molecular flexibility index (Phi) is 5.57.